The molecule has 0 aromatic heterocycles. The molecule has 0 unspecified atom stereocenters. The van der Waals surface area contributed by atoms with E-state index >= 15 is 0 Å². The van der Waals surface area contributed by atoms with Gasteiger partial charge in [0.15, 0.2) is 0 Å². The smallest absolute Gasteiger partial charge is 0.255 e. The first-order valence-electron chi connectivity index (χ1n) is 6.77. The SMILES string of the molecule is CCN(CC(N)=O)C(=O)c1ccc(C)cc1C#CCCO. The molecule has 0 spiro atoms. The van der Waals surface area contributed by atoms with Gasteiger partial charge in [0.2, 0.25) is 5.91 Å². The summed E-state index contributed by atoms with van der Waals surface area (Å²) in [5.41, 5.74) is 7.17. The van der Waals surface area contributed by atoms with Gasteiger partial charge >= 0.3 is 0 Å². The second-order valence-electron chi connectivity index (χ2n) is 4.61. The average molecular weight is 288 g/mol. The number of rotatable bonds is 5. The molecule has 112 valence electrons. The first kappa shape index (κ1) is 16.7. The molecular weight excluding hydrogens is 268 g/mol. The van der Waals surface area contributed by atoms with E-state index in [1.807, 2.05) is 19.1 Å². The van der Waals surface area contributed by atoms with Crippen molar-refractivity contribution in [3.63, 3.8) is 0 Å². The highest BCUT2D eigenvalue weighted by Crippen LogP contribution is 2.13. The minimum atomic E-state index is -0.551. The van der Waals surface area contributed by atoms with Gasteiger partial charge in [-0.2, -0.15) is 0 Å². The number of amides is 2. The van der Waals surface area contributed by atoms with Crippen molar-refractivity contribution in [2.24, 2.45) is 5.73 Å². The Labute approximate surface area is 124 Å². The number of carbonyl (C=O) groups excluding carboxylic acids is 2. The summed E-state index contributed by atoms with van der Waals surface area (Å²) in [6.07, 6.45) is 0.348. The van der Waals surface area contributed by atoms with Gasteiger partial charge in [-0.15, -0.1) is 0 Å². The number of benzene rings is 1. The second-order valence-corrected chi connectivity index (χ2v) is 4.61. The molecule has 5 nitrogen and oxygen atoms in total. The van der Waals surface area contributed by atoms with Gasteiger partial charge in [-0.05, 0) is 31.5 Å². The van der Waals surface area contributed by atoms with E-state index in [1.165, 1.54) is 4.90 Å². The molecule has 0 heterocycles. The molecule has 0 fully saturated rings. The summed E-state index contributed by atoms with van der Waals surface area (Å²) in [5, 5.41) is 8.77. The van der Waals surface area contributed by atoms with Crippen LogP contribution in [0.1, 0.15) is 34.8 Å². The molecule has 3 N–H and O–H groups in total. The molecule has 0 aliphatic carbocycles. The van der Waals surface area contributed by atoms with Crippen LogP contribution in [0, 0.1) is 18.8 Å². The number of primary amides is 1. The predicted molar refractivity (Wildman–Crippen MR) is 80.5 cm³/mol. The summed E-state index contributed by atoms with van der Waals surface area (Å²) < 4.78 is 0. The first-order valence-corrected chi connectivity index (χ1v) is 6.77. The summed E-state index contributed by atoms with van der Waals surface area (Å²) in [4.78, 5) is 24.9. The predicted octanol–water partition coefficient (Wildman–Crippen LogP) is 0.676. The van der Waals surface area contributed by atoms with E-state index in [9.17, 15) is 9.59 Å². The van der Waals surface area contributed by atoms with E-state index in [-0.39, 0.29) is 19.1 Å². The van der Waals surface area contributed by atoms with Gasteiger partial charge in [0.05, 0.1) is 18.7 Å². The third kappa shape index (κ3) is 4.93. The fourth-order valence-electron chi connectivity index (χ4n) is 1.85. The lowest BCUT2D eigenvalue weighted by atomic mass is 10.0. The normalized spacial score (nSPS) is 9.67. The molecule has 0 aliphatic rings. The van der Waals surface area contributed by atoms with E-state index in [0.717, 1.165) is 5.56 Å². The zero-order chi connectivity index (χ0) is 15.8. The van der Waals surface area contributed by atoms with Crippen molar-refractivity contribution in [3.8, 4) is 11.8 Å². The van der Waals surface area contributed by atoms with Gasteiger partial charge in [0.1, 0.15) is 0 Å². The summed E-state index contributed by atoms with van der Waals surface area (Å²) in [7, 11) is 0. The second kappa shape index (κ2) is 8.08. The van der Waals surface area contributed by atoms with Gasteiger partial charge in [0, 0.05) is 18.5 Å². The average Bonchev–Trinajstić information content (AvgIpc) is 2.44. The molecule has 0 radical (unpaired) electrons. The van der Waals surface area contributed by atoms with Gasteiger partial charge in [-0.25, -0.2) is 0 Å². The van der Waals surface area contributed by atoms with Crippen molar-refractivity contribution in [2.75, 3.05) is 19.7 Å². The lowest BCUT2D eigenvalue weighted by Crippen LogP contribution is -2.38. The Morgan fingerprint density at radius 1 is 1.38 bits per heavy atom. The lowest BCUT2D eigenvalue weighted by molar-refractivity contribution is -0.118. The van der Waals surface area contributed by atoms with Crippen molar-refractivity contribution in [1.82, 2.24) is 4.90 Å². The van der Waals surface area contributed by atoms with Crippen LogP contribution in [0.3, 0.4) is 0 Å². The molecule has 1 aromatic carbocycles. The number of aryl methyl sites for hydroxylation is 1. The minimum absolute atomic E-state index is 0.0230. The molecule has 1 aromatic rings. The van der Waals surface area contributed by atoms with Crippen LogP contribution in [0.4, 0.5) is 0 Å². The Kier molecular flexibility index (Phi) is 6.44. The Balaban J connectivity index is 3.13. The van der Waals surface area contributed by atoms with E-state index < -0.39 is 5.91 Å². The number of aliphatic hydroxyl groups is 1. The third-order valence-electron chi connectivity index (χ3n) is 2.88. The van der Waals surface area contributed by atoms with Crippen LogP contribution in [0.2, 0.25) is 0 Å². The largest absolute Gasteiger partial charge is 0.395 e. The quantitative estimate of drug-likeness (QED) is 0.781. The van der Waals surface area contributed by atoms with Crippen LogP contribution >= 0.6 is 0 Å². The maximum Gasteiger partial charge on any atom is 0.255 e. The Morgan fingerprint density at radius 3 is 2.67 bits per heavy atom. The van der Waals surface area contributed by atoms with Crippen molar-refractivity contribution in [3.05, 3.63) is 34.9 Å². The minimum Gasteiger partial charge on any atom is -0.395 e. The molecule has 0 aliphatic heterocycles. The topological polar surface area (TPSA) is 83.6 Å². The van der Waals surface area contributed by atoms with Crippen LogP contribution in [0.25, 0.3) is 0 Å². The standard InChI is InChI=1S/C16H20N2O3/c1-3-18(11-15(17)20)16(21)14-8-7-12(2)10-13(14)6-4-5-9-19/h7-8,10,19H,3,5,9,11H2,1-2H3,(H2,17,20). The highest BCUT2D eigenvalue weighted by Gasteiger charge is 2.18. The van der Waals surface area contributed by atoms with E-state index in [0.29, 0.717) is 24.1 Å². The van der Waals surface area contributed by atoms with Gasteiger partial charge in [-0.3, -0.25) is 9.59 Å². The fraction of sp³-hybridized carbons (Fsp3) is 0.375. The number of nitrogens with two attached hydrogens (primary N) is 1. The molecule has 0 atom stereocenters. The van der Waals surface area contributed by atoms with Gasteiger partial charge < -0.3 is 15.7 Å². The number of nitrogens with zero attached hydrogens (tertiary/aromatic N) is 1. The molecule has 2 amide bonds. The molecule has 5 heteroatoms. The van der Waals surface area contributed by atoms with Gasteiger partial charge in [0.25, 0.3) is 5.91 Å². The molecule has 1 rings (SSSR count). The van der Waals surface area contributed by atoms with Crippen molar-refractivity contribution in [2.45, 2.75) is 20.3 Å². The van der Waals surface area contributed by atoms with Crippen LogP contribution < -0.4 is 5.73 Å². The number of aliphatic hydroxyl groups excluding tert-OH is 1. The Bertz CT molecular complexity index is 585. The fourth-order valence-corrected chi connectivity index (χ4v) is 1.85. The highest BCUT2D eigenvalue weighted by molar-refractivity contribution is 5.98. The first-order chi connectivity index (χ1) is 9.99. The van der Waals surface area contributed by atoms with Crippen LogP contribution in [0.5, 0.6) is 0 Å². The summed E-state index contributed by atoms with van der Waals surface area (Å²) in [5.74, 6) is 4.88. The summed E-state index contributed by atoms with van der Waals surface area (Å²) in [6, 6.07) is 5.34. The van der Waals surface area contributed by atoms with Crippen LogP contribution in [0.15, 0.2) is 18.2 Å². The van der Waals surface area contributed by atoms with Gasteiger partial charge in [-0.1, -0.05) is 17.9 Å². The molecule has 21 heavy (non-hydrogen) atoms. The summed E-state index contributed by atoms with van der Waals surface area (Å²) >= 11 is 0. The Hall–Kier alpha value is -2.32. The van der Waals surface area contributed by atoms with Crippen molar-refractivity contribution in [1.29, 1.82) is 0 Å². The maximum absolute atomic E-state index is 12.5. The lowest BCUT2D eigenvalue weighted by Gasteiger charge is -2.20. The van der Waals surface area contributed by atoms with E-state index in [4.69, 9.17) is 10.8 Å². The monoisotopic (exact) mass is 288 g/mol. The van der Waals surface area contributed by atoms with Crippen LogP contribution in [-0.4, -0.2) is 41.5 Å². The maximum atomic E-state index is 12.5. The molecule has 0 saturated heterocycles. The molecule has 0 bridgehead atoms. The summed E-state index contributed by atoms with van der Waals surface area (Å²) in [6.45, 7) is 3.94. The van der Waals surface area contributed by atoms with Crippen molar-refractivity contribution < 1.29 is 14.7 Å². The Morgan fingerprint density at radius 2 is 2.10 bits per heavy atom. The van der Waals surface area contributed by atoms with E-state index in [1.54, 1.807) is 13.0 Å². The number of likely N-dealkylation sites (N-methyl/N-ethyl adjacent to an activating group) is 1. The van der Waals surface area contributed by atoms with Crippen molar-refractivity contribution >= 4 is 11.8 Å². The zero-order valence-corrected chi connectivity index (χ0v) is 12.3. The third-order valence-corrected chi connectivity index (χ3v) is 2.88. The molecule has 0 saturated carbocycles. The number of hydrogen-bond donors (Lipinski definition) is 2. The zero-order valence-electron chi connectivity index (χ0n) is 12.3. The highest BCUT2D eigenvalue weighted by atomic mass is 16.2. The van der Waals surface area contributed by atoms with E-state index in [2.05, 4.69) is 11.8 Å². The number of carbonyl (C=O) groups is 2. The van der Waals surface area contributed by atoms with Crippen LogP contribution in [-0.2, 0) is 4.79 Å². The number of hydrogen-bond acceptors (Lipinski definition) is 3. The molecular formula is C16H20N2O3.